The molecule has 3 rings (SSSR count). The second-order valence-corrected chi connectivity index (χ2v) is 7.59. The number of fused-ring (bicyclic) bond motifs is 1. The fourth-order valence-electron chi connectivity index (χ4n) is 2.39. The van der Waals surface area contributed by atoms with E-state index in [-0.39, 0.29) is 11.0 Å². The van der Waals surface area contributed by atoms with Gasteiger partial charge >= 0.3 is 0 Å². The Balaban J connectivity index is 1.77. The summed E-state index contributed by atoms with van der Waals surface area (Å²) >= 11 is 1.55. The van der Waals surface area contributed by atoms with Gasteiger partial charge in [-0.2, -0.15) is 0 Å². The number of thioether (sulfide) groups is 1. The second kappa shape index (κ2) is 6.20. The molecule has 4 heteroatoms. The lowest BCUT2D eigenvalue weighted by molar-refractivity contribution is 0.590. The molecule has 0 saturated heterocycles. The lowest BCUT2D eigenvalue weighted by Gasteiger charge is -2.19. The number of nitrogens with one attached hydrogen (secondary N) is 1. The van der Waals surface area contributed by atoms with Gasteiger partial charge in [0.1, 0.15) is 0 Å². The molecule has 23 heavy (non-hydrogen) atoms. The summed E-state index contributed by atoms with van der Waals surface area (Å²) in [5, 5.41) is 1.29. The zero-order valence-electron chi connectivity index (χ0n) is 13.6. The Morgan fingerprint density at radius 2 is 1.74 bits per heavy atom. The molecule has 0 unspecified atom stereocenters. The van der Waals surface area contributed by atoms with Crippen LogP contribution in [-0.4, -0.2) is 9.97 Å². The molecule has 0 fully saturated rings. The maximum atomic E-state index is 12.1. The van der Waals surface area contributed by atoms with Gasteiger partial charge in [0.2, 0.25) is 0 Å². The first-order valence-electron chi connectivity index (χ1n) is 7.65. The Morgan fingerprint density at radius 1 is 1.04 bits per heavy atom. The smallest absolute Gasteiger partial charge is 0.259 e. The lowest BCUT2D eigenvalue weighted by atomic mass is 9.87. The van der Waals surface area contributed by atoms with Crippen LogP contribution in [0.4, 0.5) is 0 Å². The van der Waals surface area contributed by atoms with Gasteiger partial charge in [0.05, 0.1) is 10.9 Å². The van der Waals surface area contributed by atoms with Gasteiger partial charge in [-0.1, -0.05) is 68.9 Å². The van der Waals surface area contributed by atoms with Crippen LogP contribution in [0.1, 0.15) is 31.9 Å². The summed E-state index contributed by atoms with van der Waals surface area (Å²) in [7, 11) is 0. The Labute approximate surface area is 140 Å². The Hall–Kier alpha value is -2.07. The quantitative estimate of drug-likeness (QED) is 0.569. The van der Waals surface area contributed by atoms with E-state index in [1.165, 1.54) is 11.1 Å². The molecule has 0 atom stereocenters. The Morgan fingerprint density at radius 3 is 2.43 bits per heavy atom. The molecule has 0 amide bonds. The number of benzene rings is 2. The summed E-state index contributed by atoms with van der Waals surface area (Å²) in [6.45, 7) is 6.63. The minimum absolute atomic E-state index is 0.0822. The van der Waals surface area contributed by atoms with Gasteiger partial charge in [-0.05, 0) is 28.7 Å². The SMILES string of the molecule is CC(C)(C)c1ccc(CSc2nc3ccccc3c(=O)[nH]2)cc1. The molecule has 3 nitrogen and oxygen atoms in total. The molecule has 0 aliphatic carbocycles. The number of hydrogen-bond acceptors (Lipinski definition) is 3. The number of H-pyrrole nitrogens is 1. The van der Waals surface area contributed by atoms with Crippen molar-refractivity contribution in [3.05, 3.63) is 70.0 Å². The van der Waals surface area contributed by atoms with Crippen LogP contribution in [0.5, 0.6) is 0 Å². The number of hydrogen-bond donors (Lipinski definition) is 1. The summed E-state index contributed by atoms with van der Waals surface area (Å²) in [5.74, 6) is 0.783. The van der Waals surface area contributed by atoms with Crippen molar-refractivity contribution in [1.82, 2.24) is 9.97 Å². The van der Waals surface area contributed by atoms with E-state index in [9.17, 15) is 4.79 Å². The van der Waals surface area contributed by atoms with Crippen molar-refractivity contribution in [3.8, 4) is 0 Å². The molecule has 118 valence electrons. The zero-order valence-corrected chi connectivity index (χ0v) is 14.4. The topological polar surface area (TPSA) is 45.8 Å². The summed E-state index contributed by atoms with van der Waals surface area (Å²) < 4.78 is 0. The van der Waals surface area contributed by atoms with Crippen LogP contribution in [0.2, 0.25) is 0 Å². The third kappa shape index (κ3) is 3.64. The van der Waals surface area contributed by atoms with Crippen molar-refractivity contribution in [3.63, 3.8) is 0 Å². The molecule has 3 aromatic rings. The van der Waals surface area contributed by atoms with Gasteiger partial charge in [0, 0.05) is 5.75 Å². The van der Waals surface area contributed by atoms with Crippen molar-refractivity contribution < 1.29 is 0 Å². The van der Waals surface area contributed by atoms with Crippen LogP contribution in [0.25, 0.3) is 10.9 Å². The molecule has 2 aromatic carbocycles. The van der Waals surface area contributed by atoms with Crippen molar-refractivity contribution >= 4 is 22.7 Å². The van der Waals surface area contributed by atoms with E-state index in [1.807, 2.05) is 18.2 Å². The number of rotatable bonds is 3. The third-order valence-corrected chi connectivity index (χ3v) is 4.73. The molecule has 0 bridgehead atoms. The number of para-hydroxylation sites is 1. The van der Waals surface area contributed by atoms with Crippen molar-refractivity contribution in [2.45, 2.75) is 37.1 Å². The Bertz CT molecular complexity index is 876. The fraction of sp³-hybridized carbons (Fsp3) is 0.263. The molecular formula is C19H20N2OS. The van der Waals surface area contributed by atoms with Crippen molar-refractivity contribution in [2.75, 3.05) is 0 Å². The number of aromatic nitrogens is 2. The standard InChI is InChI=1S/C19H20N2OS/c1-19(2,3)14-10-8-13(9-11-14)12-23-18-20-16-7-5-4-6-15(16)17(22)21-18/h4-11H,12H2,1-3H3,(H,20,21,22). The van der Waals surface area contributed by atoms with Gasteiger partial charge in [0.25, 0.3) is 5.56 Å². The average molecular weight is 324 g/mol. The largest absolute Gasteiger partial charge is 0.301 e. The molecule has 0 spiro atoms. The maximum absolute atomic E-state index is 12.1. The molecule has 1 heterocycles. The minimum atomic E-state index is -0.0822. The van der Waals surface area contributed by atoms with E-state index in [0.29, 0.717) is 10.5 Å². The van der Waals surface area contributed by atoms with E-state index in [1.54, 1.807) is 17.8 Å². The highest BCUT2D eigenvalue weighted by Crippen LogP contribution is 2.24. The molecule has 0 aliphatic rings. The molecule has 1 aromatic heterocycles. The fourth-order valence-corrected chi connectivity index (χ4v) is 3.21. The normalized spacial score (nSPS) is 11.8. The summed E-state index contributed by atoms with van der Waals surface area (Å²) in [6, 6.07) is 16.0. The van der Waals surface area contributed by atoms with E-state index in [0.717, 1.165) is 11.3 Å². The predicted octanol–water partition coefficient (Wildman–Crippen LogP) is 4.51. The first kappa shape index (κ1) is 15.8. The maximum Gasteiger partial charge on any atom is 0.259 e. The number of aromatic amines is 1. The third-order valence-electron chi connectivity index (χ3n) is 3.79. The van der Waals surface area contributed by atoms with E-state index >= 15 is 0 Å². The first-order valence-corrected chi connectivity index (χ1v) is 8.63. The molecule has 1 N–H and O–H groups in total. The lowest BCUT2D eigenvalue weighted by Crippen LogP contribution is -2.10. The summed E-state index contributed by atoms with van der Waals surface area (Å²) in [5.41, 5.74) is 3.36. The first-order chi connectivity index (χ1) is 10.9. The van der Waals surface area contributed by atoms with Crippen LogP contribution < -0.4 is 5.56 Å². The zero-order chi connectivity index (χ0) is 16.4. The Kier molecular flexibility index (Phi) is 4.26. The highest BCUT2D eigenvalue weighted by molar-refractivity contribution is 7.98. The van der Waals surface area contributed by atoms with E-state index in [2.05, 4.69) is 55.0 Å². The van der Waals surface area contributed by atoms with Crippen LogP contribution in [0, 0.1) is 0 Å². The van der Waals surface area contributed by atoms with E-state index in [4.69, 9.17) is 0 Å². The van der Waals surface area contributed by atoms with Crippen LogP contribution >= 0.6 is 11.8 Å². The molecule has 0 saturated carbocycles. The molecule has 0 radical (unpaired) electrons. The van der Waals surface area contributed by atoms with Gasteiger partial charge in [-0.15, -0.1) is 0 Å². The highest BCUT2D eigenvalue weighted by atomic mass is 32.2. The monoisotopic (exact) mass is 324 g/mol. The summed E-state index contributed by atoms with van der Waals surface area (Å²) in [6.07, 6.45) is 0. The highest BCUT2D eigenvalue weighted by Gasteiger charge is 2.13. The average Bonchev–Trinajstić information content (AvgIpc) is 2.52. The van der Waals surface area contributed by atoms with Crippen LogP contribution in [0.3, 0.4) is 0 Å². The van der Waals surface area contributed by atoms with Gasteiger partial charge in [-0.25, -0.2) is 4.98 Å². The van der Waals surface area contributed by atoms with Gasteiger partial charge < -0.3 is 4.98 Å². The minimum Gasteiger partial charge on any atom is -0.301 e. The van der Waals surface area contributed by atoms with Gasteiger partial charge in [-0.3, -0.25) is 4.79 Å². The van der Waals surface area contributed by atoms with Crippen LogP contribution in [0.15, 0.2) is 58.5 Å². The van der Waals surface area contributed by atoms with Crippen molar-refractivity contribution in [1.29, 1.82) is 0 Å². The van der Waals surface area contributed by atoms with Gasteiger partial charge in [0.15, 0.2) is 5.16 Å². The van der Waals surface area contributed by atoms with Crippen LogP contribution in [-0.2, 0) is 11.2 Å². The summed E-state index contributed by atoms with van der Waals surface area (Å²) in [4.78, 5) is 19.4. The molecular weight excluding hydrogens is 304 g/mol. The van der Waals surface area contributed by atoms with Crippen molar-refractivity contribution in [2.24, 2.45) is 0 Å². The van der Waals surface area contributed by atoms with E-state index < -0.39 is 0 Å². The predicted molar refractivity (Wildman–Crippen MR) is 97.1 cm³/mol. The molecule has 0 aliphatic heterocycles. The second-order valence-electron chi connectivity index (χ2n) is 6.62. The number of nitrogens with zero attached hydrogens (tertiary/aromatic N) is 1.